The van der Waals surface area contributed by atoms with Gasteiger partial charge in [-0.05, 0) is 24.1 Å². The number of methoxy groups -OCH3 is 1. The summed E-state index contributed by atoms with van der Waals surface area (Å²) in [5, 5.41) is 8.93. The Morgan fingerprint density at radius 1 is 1.40 bits per heavy atom. The van der Waals surface area contributed by atoms with Crippen LogP contribution in [0.15, 0.2) is 24.3 Å². The van der Waals surface area contributed by atoms with E-state index in [9.17, 15) is 17.6 Å². The standard InChI is InChI=1S/C12H16FNO5S/c1-19-7-6-11(12(15)16)14-20(17,18)8-9-2-4-10(13)5-3-9/h2-5,11,14H,6-8H2,1H3,(H,15,16). The molecule has 1 rings (SSSR count). The minimum absolute atomic E-state index is 0.0223. The van der Waals surface area contributed by atoms with Gasteiger partial charge in [-0.15, -0.1) is 0 Å². The van der Waals surface area contributed by atoms with Gasteiger partial charge < -0.3 is 9.84 Å². The Morgan fingerprint density at radius 2 is 2.00 bits per heavy atom. The average molecular weight is 305 g/mol. The fourth-order valence-electron chi connectivity index (χ4n) is 1.53. The SMILES string of the molecule is COCCC(NS(=O)(=O)Cc1ccc(F)cc1)C(=O)O. The monoisotopic (exact) mass is 305 g/mol. The number of benzene rings is 1. The first kappa shape index (κ1) is 16.5. The molecular weight excluding hydrogens is 289 g/mol. The van der Waals surface area contributed by atoms with Gasteiger partial charge in [0.25, 0.3) is 0 Å². The van der Waals surface area contributed by atoms with Crippen LogP contribution in [-0.2, 0) is 25.3 Å². The molecule has 8 heteroatoms. The summed E-state index contributed by atoms with van der Waals surface area (Å²) in [4.78, 5) is 10.9. The summed E-state index contributed by atoms with van der Waals surface area (Å²) in [7, 11) is -2.44. The number of rotatable bonds is 8. The number of hydrogen-bond donors (Lipinski definition) is 2. The lowest BCUT2D eigenvalue weighted by atomic mass is 10.2. The summed E-state index contributed by atoms with van der Waals surface area (Å²) in [5.74, 6) is -2.16. The molecular formula is C12H16FNO5S. The first-order valence-electron chi connectivity index (χ1n) is 5.80. The molecule has 1 unspecified atom stereocenters. The number of aliphatic carboxylic acids is 1. The van der Waals surface area contributed by atoms with Gasteiger partial charge in [0.05, 0.1) is 5.75 Å². The predicted molar refractivity (Wildman–Crippen MR) is 70.1 cm³/mol. The van der Waals surface area contributed by atoms with Crippen LogP contribution in [0.2, 0.25) is 0 Å². The van der Waals surface area contributed by atoms with E-state index in [2.05, 4.69) is 4.72 Å². The van der Waals surface area contributed by atoms with Crippen molar-refractivity contribution >= 4 is 16.0 Å². The third-order valence-electron chi connectivity index (χ3n) is 2.50. The number of carboxylic acid groups (broad SMARTS) is 1. The van der Waals surface area contributed by atoms with Crippen molar-refractivity contribution in [3.63, 3.8) is 0 Å². The molecule has 0 bridgehead atoms. The van der Waals surface area contributed by atoms with E-state index in [1.165, 1.54) is 19.2 Å². The molecule has 0 aromatic heterocycles. The zero-order chi connectivity index (χ0) is 15.2. The van der Waals surface area contributed by atoms with Crippen molar-refractivity contribution in [2.45, 2.75) is 18.2 Å². The number of carboxylic acids is 1. The maximum Gasteiger partial charge on any atom is 0.321 e. The second-order valence-electron chi connectivity index (χ2n) is 4.18. The van der Waals surface area contributed by atoms with Gasteiger partial charge in [0, 0.05) is 13.7 Å². The Morgan fingerprint density at radius 3 is 2.50 bits per heavy atom. The topological polar surface area (TPSA) is 92.7 Å². The largest absolute Gasteiger partial charge is 0.480 e. The van der Waals surface area contributed by atoms with Gasteiger partial charge in [-0.1, -0.05) is 12.1 Å². The Balaban J connectivity index is 2.72. The van der Waals surface area contributed by atoms with Crippen LogP contribution in [-0.4, -0.2) is 39.3 Å². The lowest BCUT2D eigenvalue weighted by Crippen LogP contribution is -2.41. The second kappa shape index (κ2) is 7.32. The summed E-state index contributed by atoms with van der Waals surface area (Å²) in [6.45, 7) is 0.121. The third-order valence-corrected chi connectivity index (χ3v) is 3.86. The van der Waals surface area contributed by atoms with Crippen LogP contribution in [0.1, 0.15) is 12.0 Å². The molecule has 6 nitrogen and oxygen atoms in total. The number of sulfonamides is 1. The molecule has 0 saturated carbocycles. The summed E-state index contributed by atoms with van der Waals surface area (Å²) in [6.07, 6.45) is 0.0223. The highest BCUT2D eigenvalue weighted by Crippen LogP contribution is 2.08. The predicted octanol–water partition coefficient (Wildman–Crippen LogP) is 0.735. The van der Waals surface area contributed by atoms with Crippen molar-refractivity contribution in [2.75, 3.05) is 13.7 Å². The van der Waals surface area contributed by atoms with E-state index in [0.29, 0.717) is 5.56 Å². The Labute approximate surface area is 116 Å². The first-order chi connectivity index (χ1) is 9.34. The van der Waals surface area contributed by atoms with Gasteiger partial charge in [-0.25, -0.2) is 17.5 Å². The first-order valence-corrected chi connectivity index (χ1v) is 7.45. The number of carbonyl (C=O) groups is 1. The minimum atomic E-state index is -3.83. The molecule has 0 aliphatic rings. The van der Waals surface area contributed by atoms with Crippen molar-refractivity contribution in [3.8, 4) is 0 Å². The molecule has 0 saturated heterocycles. The Bertz CT molecular complexity index is 543. The lowest BCUT2D eigenvalue weighted by molar-refractivity contribution is -0.139. The van der Waals surface area contributed by atoms with Crippen LogP contribution >= 0.6 is 0 Å². The molecule has 1 aromatic rings. The van der Waals surface area contributed by atoms with E-state index in [-0.39, 0.29) is 13.0 Å². The molecule has 0 spiro atoms. The summed E-state index contributed by atoms with van der Waals surface area (Å²) in [6, 6.07) is 3.70. The van der Waals surface area contributed by atoms with E-state index >= 15 is 0 Å². The molecule has 0 heterocycles. The van der Waals surface area contributed by atoms with Crippen LogP contribution in [0.4, 0.5) is 4.39 Å². The van der Waals surface area contributed by atoms with Gasteiger partial charge in [0.2, 0.25) is 10.0 Å². The van der Waals surface area contributed by atoms with E-state index in [1.54, 1.807) is 0 Å². The van der Waals surface area contributed by atoms with E-state index in [0.717, 1.165) is 12.1 Å². The summed E-state index contributed by atoms with van der Waals surface area (Å²) >= 11 is 0. The molecule has 20 heavy (non-hydrogen) atoms. The highest BCUT2D eigenvalue weighted by atomic mass is 32.2. The smallest absolute Gasteiger partial charge is 0.321 e. The molecule has 0 fully saturated rings. The molecule has 0 amide bonds. The van der Waals surface area contributed by atoms with Crippen LogP contribution in [0.5, 0.6) is 0 Å². The average Bonchev–Trinajstić information content (AvgIpc) is 2.36. The van der Waals surface area contributed by atoms with Gasteiger partial charge in [0.1, 0.15) is 11.9 Å². The fraction of sp³-hybridized carbons (Fsp3) is 0.417. The number of ether oxygens (including phenoxy) is 1. The normalized spacial score (nSPS) is 13.1. The Hall–Kier alpha value is -1.51. The van der Waals surface area contributed by atoms with E-state index in [4.69, 9.17) is 9.84 Å². The van der Waals surface area contributed by atoms with Gasteiger partial charge in [0.15, 0.2) is 0 Å². The number of halogens is 1. The minimum Gasteiger partial charge on any atom is -0.480 e. The van der Waals surface area contributed by atoms with Gasteiger partial charge in [-0.2, -0.15) is 0 Å². The van der Waals surface area contributed by atoms with Crippen LogP contribution < -0.4 is 4.72 Å². The van der Waals surface area contributed by atoms with Crippen molar-refractivity contribution < 1.29 is 27.4 Å². The molecule has 112 valence electrons. The van der Waals surface area contributed by atoms with E-state index in [1.807, 2.05) is 0 Å². The zero-order valence-electron chi connectivity index (χ0n) is 10.9. The van der Waals surface area contributed by atoms with Crippen LogP contribution in [0, 0.1) is 5.82 Å². The van der Waals surface area contributed by atoms with Crippen molar-refractivity contribution in [1.82, 2.24) is 4.72 Å². The van der Waals surface area contributed by atoms with Gasteiger partial charge in [-0.3, -0.25) is 4.79 Å². The molecule has 0 radical (unpaired) electrons. The number of hydrogen-bond acceptors (Lipinski definition) is 4. The van der Waals surface area contributed by atoms with E-state index < -0.39 is 33.6 Å². The van der Waals surface area contributed by atoms with Crippen LogP contribution in [0.3, 0.4) is 0 Å². The summed E-state index contributed by atoms with van der Waals surface area (Å²) in [5.41, 5.74) is 0.370. The van der Waals surface area contributed by atoms with Crippen molar-refractivity contribution in [2.24, 2.45) is 0 Å². The highest BCUT2D eigenvalue weighted by Gasteiger charge is 2.23. The molecule has 0 aliphatic heterocycles. The van der Waals surface area contributed by atoms with Crippen molar-refractivity contribution in [1.29, 1.82) is 0 Å². The lowest BCUT2D eigenvalue weighted by Gasteiger charge is -2.14. The van der Waals surface area contributed by atoms with Crippen LogP contribution in [0.25, 0.3) is 0 Å². The third kappa shape index (κ3) is 5.64. The Kier molecular flexibility index (Phi) is 6.05. The molecule has 0 aliphatic carbocycles. The highest BCUT2D eigenvalue weighted by molar-refractivity contribution is 7.88. The second-order valence-corrected chi connectivity index (χ2v) is 5.93. The summed E-state index contributed by atoms with van der Waals surface area (Å²) < 4.78 is 43.2. The molecule has 2 N–H and O–H groups in total. The molecule has 1 atom stereocenters. The van der Waals surface area contributed by atoms with Crippen molar-refractivity contribution in [3.05, 3.63) is 35.6 Å². The quantitative estimate of drug-likeness (QED) is 0.739. The maximum absolute atomic E-state index is 12.7. The van der Waals surface area contributed by atoms with Gasteiger partial charge >= 0.3 is 5.97 Å². The molecule has 1 aromatic carbocycles. The maximum atomic E-state index is 12.7. The zero-order valence-corrected chi connectivity index (χ0v) is 11.7. The fourth-order valence-corrected chi connectivity index (χ4v) is 2.89. The number of nitrogens with one attached hydrogen (secondary N) is 1.